The third kappa shape index (κ3) is 7.49. The summed E-state index contributed by atoms with van der Waals surface area (Å²) in [7, 11) is -1.19. The van der Waals surface area contributed by atoms with Gasteiger partial charge in [0, 0.05) is 12.8 Å². The molecule has 2 aromatic heterocycles. The topological polar surface area (TPSA) is 135 Å². The molecule has 0 bridgehead atoms. The zero-order chi connectivity index (χ0) is 25.1. The second kappa shape index (κ2) is 14.0. The Bertz CT molecular complexity index is 949. The van der Waals surface area contributed by atoms with Crippen LogP contribution in [0.25, 0.3) is 11.2 Å². The van der Waals surface area contributed by atoms with E-state index < -0.39 is 14.3 Å². The lowest BCUT2D eigenvalue weighted by Gasteiger charge is -2.28. The number of imidazole rings is 1. The standard InChI is InChI=1S/C19H26N5O7P.C2H6/c1-4-28-16(27)5-15-7-30-32(31-8-15)12-29-13(2)6-23-10-22-17-18(23)20-9-21-19(17)24(11-25)14(3)26;1-2/h9-11,13,15H,4-8,12H2,1-3H3;1-2H3/t13-,15?,32?;/m1./s1. The van der Waals surface area contributed by atoms with Gasteiger partial charge < -0.3 is 23.1 Å². The summed E-state index contributed by atoms with van der Waals surface area (Å²) >= 11 is 0. The van der Waals surface area contributed by atoms with E-state index in [-0.39, 0.29) is 30.2 Å². The van der Waals surface area contributed by atoms with Crippen LogP contribution in [-0.4, -0.2) is 70.1 Å². The first kappa shape index (κ1) is 27.7. The van der Waals surface area contributed by atoms with Gasteiger partial charge in [-0.05, 0) is 13.8 Å². The number of ether oxygens (including phenoxy) is 2. The Balaban J connectivity index is 0.00000199. The Morgan fingerprint density at radius 2 is 2.00 bits per heavy atom. The Hall–Kier alpha value is -2.53. The number of carbonyl (C=O) groups is 3. The highest BCUT2D eigenvalue weighted by molar-refractivity contribution is 7.47. The number of esters is 1. The van der Waals surface area contributed by atoms with Crippen LogP contribution in [0, 0.1) is 5.92 Å². The van der Waals surface area contributed by atoms with Gasteiger partial charge in [-0.3, -0.25) is 14.4 Å². The predicted molar refractivity (Wildman–Crippen MR) is 125 cm³/mol. The summed E-state index contributed by atoms with van der Waals surface area (Å²) in [6.07, 6.45) is 3.59. The number of nitrogens with zero attached hydrogens (tertiary/aromatic N) is 5. The van der Waals surface area contributed by atoms with E-state index in [1.165, 1.54) is 13.3 Å². The monoisotopic (exact) mass is 497 g/mol. The van der Waals surface area contributed by atoms with Crippen molar-refractivity contribution in [2.45, 2.75) is 53.7 Å². The zero-order valence-corrected chi connectivity index (χ0v) is 21.1. The molecule has 188 valence electrons. The molecule has 0 radical (unpaired) electrons. The lowest BCUT2D eigenvalue weighted by Crippen LogP contribution is -2.27. The molecule has 1 saturated heterocycles. The minimum Gasteiger partial charge on any atom is -0.466 e. The third-order valence-electron chi connectivity index (χ3n) is 4.64. The molecular weight excluding hydrogens is 465 g/mol. The summed E-state index contributed by atoms with van der Waals surface area (Å²) in [6, 6.07) is 0. The molecule has 2 amide bonds. The second-order valence-electron chi connectivity index (χ2n) is 7.17. The fourth-order valence-corrected chi connectivity index (χ4v) is 4.43. The van der Waals surface area contributed by atoms with Crippen molar-refractivity contribution >= 4 is 43.6 Å². The van der Waals surface area contributed by atoms with Crippen LogP contribution in [0.1, 0.15) is 41.0 Å². The van der Waals surface area contributed by atoms with Crippen LogP contribution < -0.4 is 4.90 Å². The van der Waals surface area contributed by atoms with Gasteiger partial charge in [-0.2, -0.15) is 0 Å². The fraction of sp³-hybridized carbons (Fsp3) is 0.619. The summed E-state index contributed by atoms with van der Waals surface area (Å²) in [5, 5.41) is 0. The summed E-state index contributed by atoms with van der Waals surface area (Å²) in [4.78, 5) is 47.9. The molecule has 0 saturated carbocycles. The van der Waals surface area contributed by atoms with Crippen molar-refractivity contribution in [3.05, 3.63) is 12.7 Å². The van der Waals surface area contributed by atoms with E-state index in [1.807, 2.05) is 20.8 Å². The number of aromatic nitrogens is 4. The fourth-order valence-electron chi connectivity index (χ4n) is 3.08. The zero-order valence-electron chi connectivity index (χ0n) is 20.2. The molecule has 0 N–H and O–H groups in total. The Morgan fingerprint density at radius 1 is 1.29 bits per heavy atom. The largest absolute Gasteiger partial charge is 0.466 e. The van der Waals surface area contributed by atoms with Crippen LogP contribution >= 0.6 is 8.38 Å². The van der Waals surface area contributed by atoms with Crippen molar-refractivity contribution in [2.75, 3.05) is 31.1 Å². The van der Waals surface area contributed by atoms with Crippen molar-refractivity contribution in [3.63, 3.8) is 0 Å². The van der Waals surface area contributed by atoms with Crippen LogP contribution in [0.15, 0.2) is 12.7 Å². The first-order chi connectivity index (χ1) is 16.4. The average Bonchev–Trinajstić information content (AvgIpc) is 3.24. The van der Waals surface area contributed by atoms with Crippen molar-refractivity contribution in [1.29, 1.82) is 0 Å². The summed E-state index contributed by atoms with van der Waals surface area (Å²) in [5.41, 5.74) is 0.828. The minimum absolute atomic E-state index is 0.0163. The Kier molecular flexibility index (Phi) is 11.4. The minimum atomic E-state index is -1.19. The molecule has 13 heteroatoms. The SMILES string of the molecule is CC.CCOC(=O)CC1COP(CO[C@H](C)Cn2cnc3c(N(C=O)C(C)=O)ncnc32)OC1. The number of carbonyl (C=O) groups excluding carboxylic acids is 3. The van der Waals surface area contributed by atoms with E-state index >= 15 is 0 Å². The van der Waals surface area contributed by atoms with Crippen molar-refractivity contribution in [2.24, 2.45) is 5.92 Å². The molecule has 34 heavy (non-hydrogen) atoms. The number of anilines is 1. The molecule has 0 unspecified atom stereocenters. The highest BCUT2D eigenvalue weighted by Gasteiger charge is 2.26. The average molecular weight is 497 g/mol. The number of amides is 2. The van der Waals surface area contributed by atoms with Crippen molar-refractivity contribution in [3.8, 4) is 0 Å². The molecule has 1 aliphatic heterocycles. The molecule has 3 rings (SSSR count). The number of hydrogen-bond donors (Lipinski definition) is 0. The normalized spacial score (nSPS) is 18.5. The second-order valence-corrected chi connectivity index (χ2v) is 8.61. The van der Waals surface area contributed by atoms with E-state index in [0.29, 0.717) is 50.3 Å². The van der Waals surface area contributed by atoms with Crippen LogP contribution in [-0.2, 0) is 39.4 Å². The number of fused-ring (bicyclic) bond motifs is 1. The van der Waals surface area contributed by atoms with Crippen molar-refractivity contribution < 1.29 is 32.9 Å². The van der Waals surface area contributed by atoms with Crippen LogP contribution in [0.4, 0.5) is 5.82 Å². The molecule has 12 nitrogen and oxygen atoms in total. The van der Waals surface area contributed by atoms with E-state index in [0.717, 1.165) is 4.90 Å². The van der Waals surface area contributed by atoms with E-state index in [2.05, 4.69) is 15.0 Å². The van der Waals surface area contributed by atoms with Gasteiger partial charge in [0.1, 0.15) is 12.7 Å². The molecule has 1 aliphatic rings. The lowest BCUT2D eigenvalue weighted by molar-refractivity contribution is -0.145. The van der Waals surface area contributed by atoms with Crippen LogP contribution in [0.3, 0.4) is 0 Å². The van der Waals surface area contributed by atoms with Gasteiger partial charge in [-0.1, -0.05) is 13.8 Å². The van der Waals surface area contributed by atoms with E-state index in [9.17, 15) is 14.4 Å². The molecule has 0 spiro atoms. The molecule has 2 aromatic rings. The molecule has 1 fully saturated rings. The summed E-state index contributed by atoms with van der Waals surface area (Å²) < 4.78 is 24.0. The predicted octanol–water partition coefficient (Wildman–Crippen LogP) is 2.65. The molecule has 0 aliphatic carbocycles. The van der Waals surface area contributed by atoms with Gasteiger partial charge in [0.05, 0.1) is 45.2 Å². The first-order valence-electron chi connectivity index (χ1n) is 11.1. The van der Waals surface area contributed by atoms with Gasteiger partial charge in [0.25, 0.3) is 0 Å². The smallest absolute Gasteiger partial charge is 0.306 e. The highest BCUT2D eigenvalue weighted by atomic mass is 31.2. The number of rotatable bonds is 10. The molecule has 0 aromatic carbocycles. The van der Waals surface area contributed by atoms with Gasteiger partial charge in [0.15, 0.2) is 25.4 Å². The Morgan fingerprint density at radius 3 is 2.62 bits per heavy atom. The number of imide groups is 1. The third-order valence-corrected chi connectivity index (χ3v) is 5.88. The summed E-state index contributed by atoms with van der Waals surface area (Å²) in [6.45, 7) is 10.6. The maximum absolute atomic E-state index is 11.7. The molecule has 3 heterocycles. The maximum Gasteiger partial charge on any atom is 0.306 e. The van der Waals surface area contributed by atoms with Crippen LogP contribution in [0.2, 0.25) is 0 Å². The van der Waals surface area contributed by atoms with Gasteiger partial charge >= 0.3 is 5.97 Å². The van der Waals surface area contributed by atoms with Gasteiger partial charge in [-0.25, -0.2) is 19.9 Å². The van der Waals surface area contributed by atoms with Gasteiger partial charge in [0.2, 0.25) is 12.3 Å². The van der Waals surface area contributed by atoms with Gasteiger partial charge in [-0.15, -0.1) is 0 Å². The highest BCUT2D eigenvalue weighted by Crippen LogP contribution is 2.43. The quantitative estimate of drug-likeness (QED) is 0.274. The van der Waals surface area contributed by atoms with Crippen molar-refractivity contribution in [1.82, 2.24) is 19.5 Å². The lowest BCUT2D eigenvalue weighted by atomic mass is 10.1. The Labute approximate surface area is 199 Å². The molecular formula is C21H32N5O7P. The van der Waals surface area contributed by atoms with E-state index in [4.69, 9.17) is 18.5 Å². The number of hydrogen-bond acceptors (Lipinski definition) is 10. The first-order valence-corrected chi connectivity index (χ1v) is 12.5. The molecule has 1 atom stereocenters. The van der Waals surface area contributed by atoms with Crippen LogP contribution in [0.5, 0.6) is 0 Å². The van der Waals surface area contributed by atoms with E-state index in [1.54, 1.807) is 17.8 Å². The summed E-state index contributed by atoms with van der Waals surface area (Å²) in [5.74, 6) is -0.600. The maximum atomic E-state index is 11.7.